The minimum absolute atomic E-state index is 0.114. The second-order valence-corrected chi connectivity index (χ2v) is 5.90. The molecule has 6 nitrogen and oxygen atoms in total. The van der Waals surface area contributed by atoms with Crippen LogP contribution in [-0.2, 0) is 0 Å². The molecule has 0 atom stereocenters. The smallest absolute Gasteiger partial charge is 0.321 e. The van der Waals surface area contributed by atoms with Crippen LogP contribution in [0.15, 0.2) is 24.3 Å². The van der Waals surface area contributed by atoms with Gasteiger partial charge < -0.3 is 20.2 Å². The highest BCUT2D eigenvalue weighted by atomic mass is 16.3. The Morgan fingerprint density at radius 2 is 2.22 bits per heavy atom. The van der Waals surface area contributed by atoms with Crippen molar-refractivity contribution >= 4 is 11.7 Å². The Morgan fingerprint density at radius 1 is 1.48 bits per heavy atom. The van der Waals surface area contributed by atoms with Crippen molar-refractivity contribution in [2.24, 2.45) is 0 Å². The van der Waals surface area contributed by atoms with Crippen LogP contribution in [0.3, 0.4) is 0 Å². The predicted molar refractivity (Wildman–Crippen MR) is 89.1 cm³/mol. The Bertz CT molecular complexity index is 562. The number of aliphatic hydroxyl groups excluding tert-OH is 1. The van der Waals surface area contributed by atoms with Crippen LogP contribution in [0.1, 0.15) is 24.8 Å². The van der Waals surface area contributed by atoms with Crippen LogP contribution in [0.25, 0.3) is 0 Å². The van der Waals surface area contributed by atoms with E-state index in [-0.39, 0.29) is 12.6 Å². The van der Waals surface area contributed by atoms with Crippen molar-refractivity contribution in [3.05, 3.63) is 29.8 Å². The molecule has 0 aromatic heterocycles. The van der Waals surface area contributed by atoms with Gasteiger partial charge in [0.05, 0.1) is 11.6 Å². The van der Waals surface area contributed by atoms with E-state index in [2.05, 4.69) is 23.3 Å². The van der Waals surface area contributed by atoms with Gasteiger partial charge in [-0.15, -0.1) is 0 Å². The van der Waals surface area contributed by atoms with Crippen molar-refractivity contribution in [1.82, 2.24) is 9.80 Å². The molecule has 2 N–H and O–H groups in total. The lowest BCUT2D eigenvalue weighted by Crippen LogP contribution is -2.47. The molecule has 6 heteroatoms. The molecule has 1 aliphatic rings. The summed E-state index contributed by atoms with van der Waals surface area (Å²) in [4.78, 5) is 16.4. The van der Waals surface area contributed by atoms with Gasteiger partial charge in [-0.3, -0.25) is 0 Å². The molecule has 2 rings (SSSR count). The summed E-state index contributed by atoms with van der Waals surface area (Å²) in [6.07, 6.45) is 2.66. The van der Waals surface area contributed by atoms with E-state index in [0.29, 0.717) is 17.3 Å². The number of amides is 2. The predicted octanol–water partition coefficient (Wildman–Crippen LogP) is 1.87. The number of likely N-dealkylation sites (tertiary alicyclic amines) is 1. The number of hydrogen-bond donors (Lipinski definition) is 2. The molecule has 124 valence electrons. The summed E-state index contributed by atoms with van der Waals surface area (Å²) in [6, 6.07) is 9.35. The number of piperidine rings is 1. The van der Waals surface area contributed by atoms with Crippen LogP contribution in [0.4, 0.5) is 10.5 Å². The maximum absolute atomic E-state index is 12.3. The van der Waals surface area contributed by atoms with Gasteiger partial charge in [0.1, 0.15) is 0 Å². The van der Waals surface area contributed by atoms with Gasteiger partial charge in [-0.05, 0) is 44.5 Å². The van der Waals surface area contributed by atoms with E-state index in [1.165, 1.54) is 0 Å². The largest absolute Gasteiger partial charge is 0.396 e. The molecule has 1 fully saturated rings. The van der Waals surface area contributed by atoms with Gasteiger partial charge in [0.2, 0.25) is 0 Å². The van der Waals surface area contributed by atoms with Gasteiger partial charge in [0, 0.05) is 38.0 Å². The van der Waals surface area contributed by atoms with Crippen molar-refractivity contribution in [2.75, 3.05) is 38.6 Å². The van der Waals surface area contributed by atoms with Crippen LogP contribution < -0.4 is 5.32 Å². The molecule has 0 radical (unpaired) electrons. The molecule has 1 heterocycles. The monoisotopic (exact) mass is 316 g/mol. The lowest BCUT2D eigenvalue weighted by Gasteiger charge is -2.36. The zero-order valence-corrected chi connectivity index (χ0v) is 13.5. The van der Waals surface area contributed by atoms with Crippen LogP contribution in [0, 0.1) is 11.3 Å². The van der Waals surface area contributed by atoms with Crippen molar-refractivity contribution < 1.29 is 9.90 Å². The molecule has 0 saturated carbocycles. The minimum atomic E-state index is -0.114. The van der Waals surface area contributed by atoms with Crippen LogP contribution in [-0.4, -0.2) is 60.3 Å². The summed E-state index contributed by atoms with van der Waals surface area (Å²) < 4.78 is 0. The fourth-order valence-electron chi connectivity index (χ4n) is 2.88. The molecular formula is C17H24N4O2. The van der Waals surface area contributed by atoms with E-state index < -0.39 is 0 Å². The van der Waals surface area contributed by atoms with Gasteiger partial charge in [-0.25, -0.2) is 4.79 Å². The number of nitriles is 1. The maximum Gasteiger partial charge on any atom is 0.321 e. The number of nitrogens with one attached hydrogen (secondary N) is 1. The molecule has 1 aliphatic heterocycles. The maximum atomic E-state index is 12.3. The van der Waals surface area contributed by atoms with Crippen molar-refractivity contribution in [2.45, 2.75) is 25.3 Å². The van der Waals surface area contributed by atoms with E-state index in [4.69, 9.17) is 10.4 Å². The number of carbonyl (C=O) groups excluding carboxylic acids is 1. The Labute approximate surface area is 137 Å². The quantitative estimate of drug-likeness (QED) is 0.869. The van der Waals surface area contributed by atoms with Crippen molar-refractivity contribution in [1.29, 1.82) is 5.26 Å². The van der Waals surface area contributed by atoms with Gasteiger partial charge in [0.15, 0.2) is 0 Å². The van der Waals surface area contributed by atoms with Crippen molar-refractivity contribution in [3.63, 3.8) is 0 Å². The first kappa shape index (κ1) is 17.3. The standard InChI is InChI=1S/C17H24N4O2/c1-20(8-3-11-22)16-6-9-21(10-7-16)17(23)19-15-5-2-4-14(12-15)13-18/h2,4-5,12,16,22H,3,6-11H2,1H3,(H,19,23). The highest BCUT2D eigenvalue weighted by Crippen LogP contribution is 2.17. The molecule has 0 bridgehead atoms. The molecule has 23 heavy (non-hydrogen) atoms. The average molecular weight is 316 g/mol. The molecule has 2 amide bonds. The lowest BCUT2D eigenvalue weighted by molar-refractivity contribution is 0.134. The molecular weight excluding hydrogens is 292 g/mol. The topological polar surface area (TPSA) is 79.6 Å². The Kier molecular flexibility index (Phi) is 6.39. The van der Waals surface area contributed by atoms with Crippen LogP contribution in [0.2, 0.25) is 0 Å². The lowest BCUT2D eigenvalue weighted by atomic mass is 10.0. The highest BCUT2D eigenvalue weighted by Gasteiger charge is 2.25. The number of benzene rings is 1. The molecule has 0 unspecified atom stereocenters. The number of hydrogen-bond acceptors (Lipinski definition) is 4. The van der Waals surface area contributed by atoms with Gasteiger partial charge >= 0.3 is 6.03 Å². The van der Waals surface area contributed by atoms with Crippen LogP contribution in [0.5, 0.6) is 0 Å². The molecule has 1 aromatic carbocycles. The normalized spacial score (nSPS) is 15.5. The van der Waals surface area contributed by atoms with E-state index in [1.807, 2.05) is 4.90 Å². The molecule has 0 spiro atoms. The van der Waals surface area contributed by atoms with E-state index in [0.717, 1.165) is 38.9 Å². The summed E-state index contributed by atoms with van der Waals surface area (Å²) in [5.41, 5.74) is 1.18. The summed E-state index contributed by atoms with van der Waals surface area (Å²) in [5.74, 6) is 0. The summed E-state index contributed by atoms with van der Waals surface area (Å²) in [6.45, 7) is 2.54. The Morgan fingerprint density at radius 3 is 2.87 bits per heavy atom. The SMILES string of the molecule is CN(CCCO)C1CCN(C(=O)Nc2cccc(C#N)c2)CC1. The molecule has 1 aromatic rings. The Hall–Kier alpha value is -2.10. The summed E-state index contributed by atoms with van der Waals surface area (Å²) in [5, 5.41) is 20.6. The first-order valence-corrected chi connectivity index (χ1v) is 8.01. The van der Waals surface area contributed by atoms with Crippen LogP contribution >= 0.6 is 0 Å². The minimum Gasteiger partial charge on any atom is -0.396 e. The number of anilines is 1. The zero-order valence-electron chi connectivity index (χ0n) is 13.5. The molecule has 0 aliphatic carbocycles. The molecule has 1 saturated heterocycles. The number of rotatable bonds is 5. The van der Waals surface area contributed by atoms with E-state index in [9.17, 15) is 4.79 Å². The van der Waals surface area contributed by atoms with Gasteiger partial charge in [-0.1, -0.05) is 6.07 Å². The summed E-state index contributed by atoms with van der Waals surface area (Å²) in [7, 11) is 2.07. The third-order valence-electron chi connectivity index (χ3n) is 4.29. The first-order valence-electron chi connectivity index (χ1n) is 8.01. The first-order chi connectivity index (χ1) is 11.1. The van der Waals surface area contributed by atoms with Gasteiger partial charge in [0.25, 0.3) is 0 Å². The third-order valence-corrected chi connectivity index (χ3v) is 4.29. The van der Waals surface area contributed by atoms with E-state index >= 15 is 0 Å². The average Bonchev–Trinajstić information content (AvgIpc) is 2.60. The number of aliphatic hydroxyl groups is 1. The fourth-order valence-corrected chi connectivity index (χ4v) is 2.88. The van der Waals surface area contributed by atoms with Gasteiger partial charge in [-0.2, -0.15) is 5.26 Å². The number of nitrogens with zero attached hydrogens (tertiary/aromatic N) is 3. The fraction of sp³-hybridized carbons (Fsp3) is 0.529. The zero-order chi connectivity index (χ0) is 16.7. The Balaban J connectivity index is 1.82. The summed E-state index contributed by atoms with van der Waals surface area (Å²) >= 11 is 0. The third kappa shape index (κ3) is 4.95. The highest BCUT2D eigenvalue weighted by molar-refractivity contribution is 5.89. The number of urea groups is 1. The second-order valence-electron chi connectivity index (χ2n) is 5.90. The second kappa shape index (κ2) is 8.51. The van der Waals surface area contributed by atoms with E-state index in [1.54, 1.807) is 24.3 Å². The van der Waals surface area contributed by atoms with Crippen molar-refractivity contribution in [3.8, 4) is 6.07 Å². The number of carbonyl (C=O) groups is 1.